The molecule has 3 heterocycles. The zero-order valence-corrected chi connectivity index (χ0v) is 22.1. The molecule has 1 atom stereocenters. The highest BCUT2D eigenvalue weighted by molar-refractivity contribution is 7.80. The highest BCUT2D eigenvalue weighted by Crippen LogP contribution is 2.33. The zero-order chi connectivity index (χ0) is 24.1. The SMILES string of the molecule is Cc1cc(-c2nc(-c3cccc(O)c3)nc(N3CCOCC3C)n2)sc1CN(CCS)CCS. The Hall–Kier alpha value is -1.85. The van der Waals surface area contributed by atoms with Crippen LogP contribution in [0.25, 0.3) is 22.1 Å². The lowest BCUT2D eigenvalue weighted by molar-refractivity contribution is 0.0981. The van der Waals surface area contributed by atoms with Gasteiger partial charge in [-0.25, -0.2) is 4.98 Å². The normalized spacial score (nSPS) is 16.4. The van der Waals surface area contributed by atoms with Crippen molar-refractivity contribution in [3.8, 4) is 27.8 Å². The number of thiophene rings is 1. The summed E-state index contributed by atoms with van der Waals surface area (Å²) in [6.45, 7) is 8.94. The minimum atomic E-state index is 0.165. The van der Waals surface area contributed by atoms with Crippen LogP contribution >= 0.6 is 36.6 Å². The van der Waals surface area contributed by atoms with Gasteiger partial charge in [0.2, 0.25) is 5.95 Å². The molecule has 0 aliphatic carbocycles. The third kappa shape index (κ3) is 6.04. The maximum Gasteiger partial charge on any atom is 0.229 e. The molecule has 34 heavy (non-hydrogen) atoms. The Bertz CT molecular complexity index is 1100. The molecule has 2 aromatic heterocycles. The van der Waals surface area contributed by atoms with E-state index in [1.54, 1.807) is 29.5 Å². The number of nitrogens with zero attached hydrogens (tertiary/aromatic N) is 5. The van der Waals surface area contributed by atoms with Crippen molar-refractivity contribution in [2.24, 2.45) is 0 Å². The number of phenols is 1. The molecule has 10 heteroatoms. The topological polar surface area (TPSA) is 74.6 Å². The molecular weight excluding hydrogens is 486 g/mol. The zero-order valence-electron chi connectivity index (χ0n) is 19.5. The van der Waals surface area contributed by atoms with Crippen molar-refractivity contribution in [3.05, 3.63) is 40.8 Å². The van der Waals surface area contributed by atoms with Gasteiger partial charge in [-0.1, -0.05) is 12.1 Å². The van der Waals surface area contributed by atoms with E-state index in [9.17, 15) is 5.11 Å². The third-order valence-electron chi connectivity index (χ3n) is 5.79. The summed E-state index contributed by atoms with van der Waals surface area (Å²) < 4.78 is 5.62. The van der Waals surface area contributed by atoms with Crippen molar-refractivity contribution in [2.45, 2.75) is 26.4 Å². The fourth-order valence-corrected chi connectivity index (χ4v) is 5.66. The number of morpholine rings is 1. The molecule has 1 aromatic carbocycles. The first-order chi connectivity index (χ1) is 16.5. The number of phenolic OH excluding ortho intramolecular Hbond substituents is 1. The predicted molar refractivity (Wildman–Crippen MR) is 146 cm³/mol. The first-order valence-electron chi connectivity index (χ1n) is 11.4. The number of aromatic hydroxyl groups is 1. The highest BCUT2D eigenvalue weighted by atomic mass is 32.1. The summed E-state index contributed by atoms with van der Waals surface area (Å²) in [5.74, 6) is 3.65. The van der Waals surface area contributed by atoms with Crippen LogP contribution in [0.5, 0.6) is 5.75 Å². The average Bonchev–Trinajstić information content (AvgIpc) is 3.19. The lowest BCUT2D eigenvalue weighted by Gasteiger charge is -2.33. The summed E-state index contributed by atoms with van der Waals surface area (Å²) in [4.78, 5) is 21.3. The molecule has 1 fully saturated rings. The molecule has 0 saturated carbocycles. The van der Waals surface area contributed by atoms with E-state index in [1.165, 1.54) is 10.4 Å². The second-order valence-corrected chi connectivity index (χ2v) is 10.4. The number of thiol groups is 2. The van der Waals surface area contributed by atoms with Crippen LogP contribution in [0.1, 0.15) is 17.4 Å². The molecule has 1 aliphatic heterocycles. The van der Waals surface area contributed by atoms with Gasteiger partial charge in [-0.2, -0.15) is 35.2 Å². The van der Waals surface area contributed by atoms with Crippen molar-refractivity contribution in [3.63, 3.8) is 0 Å². The number of hydrogen-bond donors (Lipinski definition) is 3. The second-order valence-electron chi connectivity index (χ2n) is 8.39. The summed E-state index contributed by atoms with van der Waals surface area (Å²) >= 11 is 10.5. The Morgan fingerprint density at radius 2 is 1.91 bits per heavy atom. The summed E-state index contributed by atoms with van der Waals surface area (Å²) in [5, 5.41) is 10.0. The first kappa shape index (κ1) is 25.2. The number of hydrogen-bond acceptors (Lipinski definition) is 10. The van der Waals surface area contributed by atoms with E-state index in [1.807, 2.05) is 6.07 Å². The van der Waals surface area contributed by atoms with Crippen molar-refractivity contribution < 1.29 is 9.84 Å². The molecule has 7 nitrogen and oxygen atoms in total. The molecular formula is C24H31N5O2S3. The van der Waals surface area contributed by atoms with Crippen molar-refractivity contribution in [1.29, 1.82) is 0 Å². The van der Waals surface area contributed by atoms with Crippen LogP contribution in [0.4, 0.5) is 5.95 Å². The van der Waals surface area contributed by atoms with Crippen LogP contribution in [0.2, 0.25) is 0 Å². The van der Waals surface area contributed by atoms with Gasteiger partial charge in [0.1, 0.15) is 5.75 Å². The van der Waals surface area contributed by atoms with Gasteiger partial charge in [0.25, 0.3) is 0 Å². The molecule has 1 unspecified atom stereocenters. The monoisotopic (exact) mass is 517 g/mol. The van der Waals surface area contributed by atoms with Gasteiger partial charge in [0.05, 0.1) is 24.1 Å². The van der Waals surface area contributed by atoms with Gasteiger partial charge in [0.15, 0.2) is 11.6 Å². The maximum absolute atomic E-state index is 10.0. The number of ether oxygens (including phenoxy) is 1. The van der Waals surface area contributed by atoms with E-state index in [0.717, 1.165) is 48.1 Å². The van der Waals surface area contributed by atoms with Crippen molar-refractivity contribution in [2.75, 3.05) is 49.3 Å². The summed E-state index contributed by atoms with van der Waals surface area (Å²) in [6, 6.07) is 9.36. The quantitative estimate of drug-likeness (QED) is 0.368. The molecule has 0 radical (unpaired) electrons. The van der Waals surface area contributed by atoms with Crippen molar-refractivity contribution >= 4 is 42.5 Å². The van der Waals surface area contributed by atoms with E-state index in [-0.39, 0.29) is 11.8 Å². The number of benzene rings is 1. The van der Waals surface area contributed by atoms with E-state index >= 15 is 0 Å². The van der Waals surface area contributed by atoms with Crippen LogP contribution in [0.15, 0.2) is 30.3 Å². The number of aromatic nitrogens is 3. The Kier molecular flexibility index (Phi) is 8.70. The molecule has 0 bridgehead atoms. The lowest BCUT2D eigenvalue weighted by Crippen LogP contribution is -2.44. The lowest BCUT2D eigenvalue weighted by atomic mass is 10.2. The summed E-state index contributed by atoms with van der Waals surface area (Å²) in [7, 11) is 0. The van der Waals surface area contributed by atoms with Gasteiger partial charge < -0.3 is 14.7 Å². The van der Waals surface area contributed by atoms with Gasteiger partial charge in [-0.05, 0) is 37.6 Å². The summed E-state index contributed by atoms with van der Waals surface area (Å²) in [6.07, 6.45) is 0. The van der Waals surface area contributed by atoms with Crippen LogP contribution in [-0.2, 0) is 11.3 Å². The fraction of sp³-hybridized carbons (Fsp3) is 0.458. The smallest absolute Gasteiger partial charge is 0.229 e. The summed E-state index contributed by atoms with van der Waals surface area (Å²) in [5.41, 5.74) is 1.98. The van der Waals surface area contributed by atoms with E-state index in [4.69, 9.17) is 19.7 Å². The molecule has 1 aliphatic rings. The first-order valence-corrected chi connectivity index (χ1v) is 13.5. The molecule has 3 aromatic rings. The van der Waals surface area contributed by atoms with E-state index in [2.05, 4.69) is 55.0 Å². The Morgan fingerprint density at radius 1 is 1.15 bits per heavy atom. The van der Waals surface area contributed by atoms with Crippen LogP contribution in [-0.4, -0.2) is 75.4 Å². The van der Waals surface area contributed by atoms with Gasteiger partial charge >= 0.3 is 0 Å². The maximum atomic E-state index is 10.0. The molecule has 0 spiro atoms. The molecule has 0 amide bonds. The largest absolute Gasteiger partial charge is 0.508 e. The highest BCUT2D eigenvalue weighted by Gasteiger charge is 2.24. The third-order valence-corrected chi connectivity index (χ3v) is 7.41. The average molecular weight is 518 g/mol. The molecule has 4 rings (SSSR count). The second kappa shape index (κ2) is 11.7. The van der Waals surface area contributed by atoms with E-state index in [0.29, 0.717) is 30.8 Å². The minimum absolute atomic E-state index is 0.165. The Balaban J connectivity index is 1.73. The standard InChI is InChI=1S/C24H31N5O2S3/c1-16-12-20(34-21(16)14-28(7-10-32)8-11-33)23-25-22(18-4-3-5-19(30)13-18)26-24(27-23)29-6-9-31-15-17(29)2/h3-5,12-13,17,30,32-33H,6-11,14-15H2,1-2H3. The molecule has 1 saturated heterocycles. The van der Waals surface area contributed by atoms with Crippen LogP contribution in [0.3, 0.4) is 0 Å². The number of rotatable bonds is 9. The minimum Gasteiger partial charge on any atom is -0.508 e. The fourth-order valence-electron chi connectivity index (χ4n) is 3.94. The Labute approximate surface area is 216 Å². The number of aryl methyl sites for hydroxylation is 1. The Morgan fingerprint density at radius 3 is 2.62 bits per heavy atom. The predicted octanol–water partition coefficient (Wildman–Crippen LogP) is 4.17. The van der Waals surface area contributed by atoms with Gasteiger partial charge in [-0.15, -0.1) is 11.3 Å². The van der Waals surface area contributed by atoms with E-state index < -0.39 is 0 Å². The van der Waals surface area contributed by atoms with Gasteiger partial charge in [-0.3, -0.25) is 4.90 Å². The van der Waals surface area contributed by atoms with Crippen molar-refractivity contribution in [1.82, 2.24) is 19.9 Å². The molecule has 1 N–H and O–H groups in total. The van der Waals surface area contributed by atoms with Gasteiger partial charge in [0, 0.05) is 48.1 Å². The van der Waals surface area contributed by atoms with Crippen LogP contribution in [0, 0.1) is 6.92 Å². The van der Waals surface area contributed by atoms with Crippen LogP contribution < -0.4 is 4.90 Å². The number of anilines is 1. The molecule has 182 valence electrons.